The standard InChI is InChI=1S/C28H30FN3O4S/c1-4-18-9-11-21(12-10-18)37(34,35)32-24-14-28(24)17-27(2,3)36-26-22(28)13-20(16-31-26)25(33)30-15-19-7-5-6-8-23(19)29/h5-13,16,24,32H,4,14-15,17H2,1-3H3,(H,30,33). The molecule has 2 heterocycles. The van der Waals surface area contributed by atoms with Crippen LogP contribution in [0.2, 0.25) is 0 Å². The van der Waals surface area contributed by atoms with Crippen molar-refractivity contribution >= 4 is 15.9 Å². The second-order valence-electron chi connectivity index (χ2n) is 10.4. The fraction of sp³-hybridized carbons (Fsp3) is 0.357. The number of carbonyl (C=O) groups is 1. The van der Waals surface area contributed by atoms with Gasteiger partial charge < -0.3 is 10.1 Å². The Morgan fingerprint density at radius 2 is 1.89 bits per heavy atom. The fourth-order valence-corrected chi connectivity index (χ4v) is 6.51. The minimum Gasteiger partial charge on any atom is -0.471 e. The van der Waals surface area contributed by atoms with Crippen molar-refractivity contribution in [1.82, 2.24) is 15.0 Å². The summed E-state index contributed by atoms with van der Waals surface area (Å²) in [6.45, 7) is 5.95. The maximum atomic E-state index is 14.0. The zero-order valence-corrected chi connectivity index (χ0v) is 21.9. The van der Waals surface area contributed by atoms with Crippen LogP contribution in [0.25, 0.3) is 0 Å². The Morgan fingerprint density at radius 1 is 1.16 bits per heavy atom. The van der Waals surface area contributed by atoms with E-state index in [1.54, 1.807) is 36.4 Å². The van der Waals surface area contributed by atoms with Crippen molar-refractivity contribution < 1.29 is 22.3 Å². The van der Waals surface area contributed by atoms with Crippen LogP contribution in [0, 0.1) is 5.82 Å². The van der Waals surface area contributed by atoms with Crippen LogP contribution in [0.1, 0.15) is 60.7 Å². The van der Waals surface area contributed by atoms with Gasteiger partial charge in [-0.2, -0.15) is 0 Å². The highest BCUT2D eigenvalue weighted by atomic mass is 32.2. The Bertz CT molecular complexity index is 1460. The smallest absolute Gasteiger partial charge is 0.253 e. The molecule has 0 saturated heterocycles. The summed E-state index contributed by atoms with van der Waals surface area (Å²) in [6, 6.07) is 14.5. The third-order valence-corrected chi connectivity index (χ3v) is 8.66. The van der Waals surface area contributed by atoms with E-state index in [2.05, 4.69) is 15.0 Å². The molecule has 5 rings (SSSR count). The van der Waals surface area contributed by atoms with Gasteiger partial charge in [0, 0.05) is 35.3 Å². The minimum absolute atomic E-state index is 0.0382. The van der Waals surface area contributed by atoms with E-state index in [1.807, 2.05) is 32.9 Å². The molecule has 2 aromatic carbocycles. The number of halogens is 1. The van der Waals surface area contributed by atoms with E-state index in [1.165, 1.54) is 12.3 Å². The van der Waals surface area contributed by atoms with Crippen molar-refractivity contribution in [2.24, 2.45) is 0 Å². The molecule has 2 N–H and O–H groups in total. The molecule has 0 bridgehead atoms. The lowest BCUT2D eigenvalue weighted by Gasteiger charge is -2.38. The van der Waals surface area contributed by atoms with Crippen LogP contribution in [0.4, 0.5) is 4.39 Å². The first-order chi connectivity index (χ1) is 17.5. The number of carbonyl (C=O) groups excluding carboxylic acids is 1. The van der Waals surface area contributed by atoms with Crippen LogP contribution >= 0.6 is 0 Å². The number of ether oxygens (including phenoxy) is 1. The molecule has 7 nitrogen and oxygen atoms in total. The molecule has 3 aromatic rings. The van der Waals surface area contributed by atoms with Crippen LogP contribution in [0.15, 0.2) is 65.7 Å². The molecule has 2 aliphatic rings. The number of nitrogens with zero attached hydrogens (tertiary/aromatic N) is 1. The van der Waals surface area contributed by atoms with Gasteiger partial charge >= 0.3 is 0 Å². The molecule has 1 aliphatic heterocycles. The molecule has 2 unspecified atom stereocenters. The zero-order valence-electron chi connectivity index (χ0n) is 21.0. The number of nitrogens with one attached hydrogen (secondary N) is 2. The quantitative estimate of drug-likeness (QED) is 0.482. The van der Waals surface area contributed by atoms with Gasteiger partial charge in [-0.3, -0.25) is 4.79 Å². The van der Waals surface area contributed by atoms with Crippen molar-refractivity contribution in [3.63, 3.8) is 0 Å². The van der Waals surface area contributed by atoms with Crippen molar-refractivity contribution in [2.45, 2.75) is 68.5 Å². The van der Waals surface area contributed by atoms with E-state index < -0.39 is 32.8 Å². The highest BCUT2D eigenvalue weighted by Gasteiger charge is 2.62. The molecule has 37 heavy (non-hydrogen) atoms. The first kappa shape index (κ1) is 25.4. The number of sulfonamides is 1. The van der Waals surface area contributed by atoms with Crippen molar-refractivity contribution in [2.75, 3.05) is 0 Å². The number of aryl methyl sites for hydroxylation is 1. The van der Waals surface area contributed by atoms with E-state index >= 15 is 0 Å². The van der Waals surface area contributed by atoms with E-state index in [0.717, 1.165) is 12.0 Å². The predicted octanol–water partition coefficient (Wildman–Crippen LogP) is 4.26. The van der Waals surface area contributed by atoms with Gasteiger partial charge in [-0.25, -0.2) is 22.5 Å². The molecule has 1 saturated carbocycles. The third-order valence-electron chi connectivity index (χ3n) is 7.18. The van der Waals surface area contributed by atoms with Gasteiger partial charge in [0.2, 0.25) is 15.9 Å². The first-order valence-electron chi connectivity index (χ1n) is 12.4. The van der Waals surface area contributed by atoms with Crippen molar-refractivity contribution in [1.29, 1.82) is 0 Å². The molecule has 2 atom stereocenters. The van der Waals surface area contributed by atoms with Crippen LogP contribution in [-0.2, 0) is 28.4 Å². The van der Waals surface area contributed by atoms with Gasteiger partial charge in [0.15, 0.2) is 0 Å². The molecule has 1 amide bonds. The number of pyridine rings is 1. The number of aromatic nitrogens is 1. The lowest BCUT2D eigenvalue weighted by Crippen LogP contribution is -2.42. The monoisotopic (exact) mass is 523 g/mol. The summed E-state index contributed by atoms with van der Waals surface area (Å²) >= 11 is 0. The molecule has 1 aliphatic carbocycles. The van der Waals surface area contributed by atoms with Crippen LogP contribution < -0.4 is 14.8 Å². The maximum Gasteiger partial charge on any atom is 0.253 e. The molecular formula is C28H30FN3O4S. The fourth-order valence-electron chi connectivity index (χ4n) is 5.20. The SMILES string of the molecule is CCc1ccc(S(=O)(=O)NC2CC23CC(C)(C)Oc2ncc(C(=O)NCc4ccccc4F)cc23)cc1. The average Bonchev–Trinajstić information content (AvgIpc) is 3.52. The average molecular weight is 524 g/mol. The topological polar surface area (TPSA) is 97.4 Å². The highest BCUT2D eigenvalue weighted by Crippen LogP contribution is 2.59. The normalized spacial score (nSPS) is 21.7. The summed E-state index contributed by atoms with van der Waals surface area (Å²) in [6.07, 6.45) is 3.40. The maximum absolute atomic E-state index is 14.0. The molecule has 1 aromatic heterocycles. The predicted molar refractivity (Wildman–Crippen MR) is 137 cm³/mol. The summed E-state index contributed by atoms with van der Waals surface area (Å²) in [5.41, 5.74) is 1.36. The summed E-state index contributed by atoms with van der Waals surface area (Å²) < 4.78 is 49.2. The summed E-state index contributed by atoms with van der Waals surface area (Å²) in [5, 5.41) is 2.74. The number of rotatable bonds is 7. The van der Waals surface area contributed by atoms with E-state index in [9.17, 15) is 17.6 Å². The molecular weight excluding hydrogens is 493 g/mol. The van der Waals surface area contributed by atoms with Crippen LogP contribution in [0.5, 0.6) is 5.88 Å². The second-order valence-corrected chi connectivity index (χ2v) is 12.1. The number of amides is 1. The molecule has 194 valence electrons. The second kappa shape index (κ2) is 9.22. The Balaban J connectivity index is 1.39. The van der Waals surface area contributed by atoms with Gasteiger partial charge in [-0.05, 0) is 62.9 Å². The van der Waals surface area contributed by atoms with Crippen LogP contribution in [0.3, 0.4) is 0 Å². The lowest BCUT2D eigenvalue weighted by molar-refractivity contribution is 0.0594. The summed E-state index contributed by atoms with van der Waals surface area (Å²) in [7, 11) is -3.73. The molecule has 1 spiro atoms. The Kier molecular flexibility index (Phi) is 6.32. The van der Waals surface area contributed by atoms with Gasteiger partial charge in [0.05, 0.1) is 10.5 Å². The van der Waals surface area contributed by atoms with Gasteiger partial charge in [-0.1, -0.05) is 37.3 Å². The van der Waals surface area contributed by atoms with Gasteiger partial charge in [0.25, 0.3) is 5.91 Å². The summed E-state index contributed by atoms with van der Waals surface area (Å²) in [5.74, 6) is -0.387. The van der Waals surface area contributed by atoms with E-state index in [0.29, 0.717) is 35.4 Å². The summed E-state index contributed by atoms with van der Waals surface area (Å²) in [4.78, 5) is 17.5. The first-order valence-corrected chi connectivity index (χ1v) is 13.8. The zero-order chi connectivity index (χ0) is 26.4. The van der Waals surface area contributed by atoms with Crippen molar-refractivity contribution in [3.8, 4) is 5.88 Å². The van der Waals surface area contributed by atoms with Gasteiger partial charge in [0.1, 0.15) is 11.4 Å². The highest BCUT2D eigenvalue weighted by molar-refractivity contribution is 7.89. The minimum atomic E-state index is -3.73. The third kappa shape index (κ3) is 4.98. The number of hydrogen-bond acceptors (Lipinski definition) is 5. The Morgan fingerprint density at radius 3 is 2.59 bits per heavy atom. The van der Waals surface area contributed by atoms with Gasteiger partial charge in [-0.15, -0.1) is 0 Å². The Labute approximate surface area is 216 Å². The molecule has 0 radical (unpaired) electrons. The number of hydrogen-bond donors (Lipinski definition) is 2. The van der Waals surface area contributed by atoms with E-state index in [4.69, 9.17) is 4.74 Å². The lowest BCUT2D eigenvalue weighted by atomic mass is 9.81. The Hall–Kier alpha value is -3.30. The largest absolute Gasteiger partial charge is 0.471 e. The van der Waals surface area contributed by atoms with Crippen molar-refractivity contribution in [3.05, 3.63) is 88.9 Å². The van der Waals surface area contributed by atoms with Crippen LogP contribution in [-0.4, -0.2) is 31.0 Å². The molecule has 1 fully saturated rings. The number of benzene rings is 2. The van der Waals surface area contributed by atoms with E-state index in [-0.39, 0.29) is 17.5 Å². The number of fused-ring (bicyclic) bond motifs is 2. The molecule has 9 heteroatoms.